The van der Waals surface area contributed by atoms with Crippen LogP contribution in [0, 0.1) is 13.8 Å². The molecule has 0 saturated heterocycles. The molecule has 0 nitrogen and oxygen atoms in total. The van der Waals surface area contributed by atoms with Gasteiger partial charge in [-0.25, -0.2) is 0 Å². The van der Waals surface area contributed by atoms with E-state index in [0.29, 0.717) is 0 Å². The topological polar surface area (TPSA) is 0 Å². The maximum absolute atomic E-state index is 4.42. The van der Waals surface area contributed by atoms with Crippen molar-refractivity contribution >= 4 is 5.57 Å². The lowest BCUT2D eigenvalue weighted by atomic mass is 9.77. The molecular formula is C26H28. The quantitative estimate of drug-likeness (QED) is 0.455. The van der Waals surface area contributed by atoms with Gasteiger partial charge in [-0.2, -0.15) is 0 Å². The summed E-state index contributed by atoms with van der Waals surface area (Å²) in [6, 6.07) is 26.0. The van der Waals surface area contributed by atoms with Gasteiger partial charge in [0, 0.05) is 0 Å². The number of benzene rings is 3. The van der Waals surface area contributed by atoms with Crippen molar-refractivity contribution in [3.05, 3.63) is 102 Å². The van der Waals surface area contributed by atoms with Crippen molar-refractivity contribution in [2.45, 2.75) is 39.5 Å². The molecule has 3 aromatic rings. The Kier molecular flexibility index (Phi) is 5.13. The predicted molar refractivity (Wildman–Crippen MR) is 114 cm³/mol. The minimum Gasteiger partial charge on any atom is -0.0952 e. The largest absolute Gasteiger partial charge is 0.0952 e. The summed E-state index contributed by atoms with van der Waals surface area (Å²) in [6.07, 6.45) is 0.946. The van der Waals surface area contributed by atoms with Crippen LogP contribution in [0.1, 0.15) is 42.5 Å². The van der Waals surface area contributed by atoms with E-state index in [9.17, 15) is 0 Å². The zero-order chi connectivity index (χ0) is 18.7. The van der Waals surface area contributed by atoms with Crippen LogP contribution in [-0.2, 0) is 5.41 Å². The summed E-state index contributed by atoms with van der Waals surface area (Å²) in [7, 11) is 0. The summed E-state index contributed by atoms with van der Waals surface area (Å²) in [5.41, 5.74) is 9.08. The summed E-state index contributed by atoms with van der Waals surface area (Å²) in [6.45, 7) is 13.4. The zero-order valence-corrected chi connectivity index (χ0v) is 16.3. The van der Waals surface area contributed by atoms with E-state index in [4.69, 9.17) is 0 Å². The number of hydrogen-bond acceptors (Lipinski definition) is 0. The standard InChI is InChI=1S/C26H28/c1-19-11-9-10-14-25(19)22-15-16-24(20(2)17-22)21(3)18-26(4,5)23-12-7-6-8-13-23/h6-17H,3,18H2,1-2,4-5H3. The predicted octanol–water partition coefficient (Wildman–Crippen LogP) is 7.35. The van der Waals surface area contributed by atoms with Crippen molar-refractivity contribution in [1.82, 2.24) is 0 Å². The number of aryl methyl sites for hydroxylation is 2. The third kappa shape index (κ3) is 3.80. The maximum atomic E-state index is 4.42. The third-order valence-electron chi connectivity index (χ3n) is 5.27. The van der Waals surface area contributed by atoms with Crippen molar-refractivity contribution < 1.29 is 0 Å². The van der Waals surface area contributed by atoms with Crippen LogP contribution in [0.5, 0.6) is 0 Å². The van der Waals surface area contributed by atoms with E-state index in [1.807, 2.05) is 0 Å². The molecule has 0 amide bonds. The Morgan fingerprint density at radius 3 is 2.12 bits per heavy atom. The van der Waals surface area contributed by atoms with Crippen molar-refractivity contribution in [2.75, 3.05) is 0 Å². The molecule has 0 atom stereocenters. The van der Waals surface area contributed by atoms with Gasteiger partial charge < -0.3 is 0 Å². The first-order chi connectivity index (χ1) is 12.4. The summed E-state index contributed by atoms with van der Waals surface area (Å²) < 4.78 is 0. The van der Waals surface area contributed by atoms with Crippen LogP contribution in [0.3, 0.4) is 0 Å². The van der Waals surface area contributed by atoms with Crippen molar-refractivity contribution in [1.29, 1.82) is 0 Å². The van der Waals surface area contributed by atoms with Gasteiger partial charge in [-0.15, -0.1) is 0 Å². The van der Waals surface area contributed by atoms with E-state index in [2.05, 4.69) is 107 Å². The minimum absolute atomic E-state index is 0.0689. The zero-order valence-electron chi connectivity index (χ0n) is 16.3. The number of allylic oxidation sites excluding steroid dienone is 1. The van der Waals surface area contributed by atoms with E-state index in [1.165, 1.54) is 39.0 Å². The first kappa shape index (κ1) is 18.2. The lowest BCUT2D eigenvalue weighted by molar-refractivity contribution is 0.542. The molecule has 0 heterocycles. The van der Waals surface area contributed by atoms with Gasteiger partial charge in [0.25, 0.3) is 0 Å². The highest BCUT2D eigenvalue weighted by Gasteiger charge is 2.22. The molecule has 0 N–H and O–H groups in total. The summed E-state index contributed by atoms with van der Waals surface area (Å²) in [5.74, 6) is 0. The van der Waals surface area contributed by atoms with Gasteiger partial charge in [0.2, 0.25) is 0 Å². The Balaban J connectivity index is 1.86. The van der Waals surface area contributed by atoms with Gasteiger partial charge in [0.1, 0.15) is 0 Å². The Morgan fingerprint density at radius 2 is 1.46 bits per heavy atom. The van der Waals surface area contributed by atoms with Crippen LogP contribution in [0.2, 0.25) is 0 Å². The molecule has 0 aliphatic rings. The number of hydrogen-bond donors (Lipinski definition) is 0. The van der Waals surface area contributed by atoms with E-state index in [0.717, 1.165) is 6.42 Å². The van der Waals surface area contributed by atoms with Crippen LogP contribution < -0.4 is 0 Å². The molecule has 26 heavy (non-hydrogen) atoms. The third-order valence-corrected chi connectivity index (χ3v) is 5.27. The first-order valence-corrected chi connectivity index (χ1v) is 9.29. The van der Waals surface area contributed by atoms with E-state index >= 15 is 0 Å². The van der Waals surface area contributed by atoms with Gasteiger partial charge in [-0.05, 0) is 64.6 Å². The molecule has 0 fully saturated rings. The van der Waals surface area contributed by atoms with Crippen molar-refractivity contribution in [2.24, 2.45) is 0 Å². The molecule has 0 bridgehead atoms. The molecule has 0 spiro atoms. The normalized spacial score (nSPS) is 11.4. The molecule has 0 aliphatic carbocycles. The molecule has 132 valence electrons. The fraction of sp³-hybridized carbons (Fsp3) is 0.231. The molecule has 3 rings (SSSR count). The summed E-state index contributed by atoms with van der Waals surface area (Å²) in [5, 5.41) is 0. The van der Waals surface area contributed by atoms with Gasteiger partial charge in [0.05, 0.1) is 0 Å². The minimum atomic E-state index is 0.0689. The molecule has 0 aromatic heterocycles. The number of rotatable bonds is 5. The second-order valence-corrected chi connectivity index (χ2v) is 7.87. The van der Waals surface area contributed by atoms with E-state index in [1.54, 1.807) is 0 Å². The van der Waals surface area contributed by atoms with Crippen LogP contribution in [0.25, 0.3) is 16.7 Å². The average Bonchev–Trinajstić information content (AvgIpc) is 2.62. The Hall–Kier alpha value is -2.60. The second-order valence-electron chi connectivity index (χ2n) is 7.87. The van der Waals surface area contributed by atoms with Crippen LogP contribution >= 0.6 is 0 Å². The molecule has 0 radical (unpaired) electrons. The highest BCUT2D eigenvalue weighted by Crippen LogP contribution is 2.35. The Bertz CT molecular complexity index is 914. The van der Waals surface area contributed by atoms with Crippen molar-refractivity contribution in [3.8, 4) is 11.1 Å². The smallest absolute Gasteiger partial charge is 0.00632 e. The molecular weight excluding hydrogens is 312 g/mol. The fourth-order valence-electron chi connectivity index (χ4n) is 3.74. The fourth-order valence-corrected chi connectivity index (χ4v) is 3.74. The highest BCUT2D eigenvalue weighted by molar-refractivity contribution is 5.74. The van der Waals surface area contributed by atoms with E-state index < -0.39 is 0 Å². The van der Waals surface area contributed by atoms with Crippen LogP contribution in [0.15, 0.2) is 79.4 Å². The van der Waals surface area contributed by atoms with Crippen LogP contribution in [0.4, 0.5) is 0 Å². The van der Waals surface area contributed by atoms with Gasteiger partial charge in [-0.1, -0.05) is 93.2 Å². The van der Waals surface area contributed by atoms with Gasteiger partial charge in [0.15, 0.2) is 0 Å². The first-order valence-electron chi connectivity index (χ1n) is 9.29. The Labute approximate surface area is 158 Å². The molecule has 0 heteroatoms. The lowest BCUT2D eigenvalue weighted by Crippen LogP contribution is -2.17. The molecule has 0 aliphatic heterocycles. The Morgan fingerprint density at radius 1 is 0.808 bits per heavy atom. The summed E-state index contributed by atoms with van der Waals surface area (Å²) in [4.78, 5) is 0. The van der Waals surface area contributed by atoms with Crippen LogP contribution in [-0.4, -0.2) is 0 Å². The second kappa shape index (κ2) is 7.33. The van der Waals surface area contributed by atoms with Crippen molar-refractivity contribution in [3.63, 3.8) is 0 Å². The van der Waals surface area contributed by atoms with E-state index in [-0.39, 0.29) is 5.41 Å². The highest BCUT2D eigenvalue weighted by atomic mass is 14.3. The molecule has 0 saturated carbocycles. The molecule has 3 aromatic carbocycles. The summed E-state index contributed by atoms with van der Waals surface area (Å²) >= 11 is 0. The molecule has 0 unspecified atom stereocenters. The lowest BCUT2D eigenvalue weighted by Gasteiger charge is -2.27. The van der Waals surface area contributed by atoms with Gasteiger partial charge >= 0.3 is 0 Å². The maximum Gasteiger partial charge on any atom is -0.00632 e. The van der Waals surface area contributed by atoms with Gasteiger partial charge in [-0.3, -0.25) is 0 Å². The monoisotopic (exact) mass is 340 g/mol. The average molecular weight is 341 g/mol. The SMILES string of the molecule is C=C(CC(C)(C)c1ccccc1)c1ccc(-c2ccccc2C)cc1C.